The molecule has 0 aliphatic heterocycles. The fraction of sp³-hybridized carbons (Fsp3) is 0.400. The summed E-state index contributed by atoms with van der Waals surface area (Å²) in [6, 6.07) is 1.05. The molecule has 2 aliphatic rings. The summed E-state index contributed by atoms with van der Waals surface area (Å²) in [5.41, 5.74) is 0.444. The van der Waals surface area contributed by atoms with E-state index in [1.165, 1.54) is 17.2 Å². The van der Waals surface area contributed by atoms with E-state index < -0.39 is 60.6 Å². The molecule has 1 aromatic heterocycles. The third-order valence-electron chi connectivity index (χ3n) is 5.48. The third-order valence-corrected chi connectivity index (χ3v) is 5.92. The lowest BCUT2D eigenvalue weighted by atomic mass is 9.86. The smallest absolute Gasteiger partial charge is 0.252 e. The molecule has 2 aliphatic carbocycles. The zero-order chi connectivity index (χ0) is 21.5. The number of nitrogens with zero attached hydrogens (tertiary/aromatic N) is 2. The second kappa shape index (κ2) is 7.96. The number of alkyl halides is 3. The van der Waals surface area contributed by atoms with Crippen LogP contribution in [-0.2, 0) is 4.79 Å². The van der Waals surface area contributed by atoms with E-state index in [0.29, 0.717) is 5.39 Å². The van der Waals surface area contributed by atoms with Crippen molar-refractivity contribution in [2.45, 2.75) is 36.2 Å². The second-order valence-electron chi connectivity index (χ2n) is 7.58. The molecule has 30 heavy (non-hydrogen) atoms. The first-order valence-corrected chi connectivity index (χ1v) is 9.90. The Morgan fingerprint density at radius 2 is 2.10 bits per heavy atom. The number of aromatic nitrogens is 2. The average Bonchev–Trinajstić information content (AvgIpc) is 3.14. The molecule has 0 saturated heterocycles. The van der Waals surface area contributed by atoms with E-state index in [4.69, 9.17) is 11.6 Å². The van der Waals surface area contributed by atoms with Crippen LogP contribution in [0.15, 0.2) is 42.6 Å². The van der Waals surface area contributed by atoms with Crippen molar-refractivity contribution >= 4 is 34.1 Å². The standard InChI is InChI=1S/C20H20ClF3N4O2/c21-15-4-2-1-3-14(15)18(19(30)26-12-7-20(23,24)8-12)28(10-29)13-5-11-9-25-27-17(11)16(22)6-13/h1-6,9,12,14-15,18,29H,7-8,10H2,(H,25,27)(H,26,30)/t14?,15?,18-/m0/s1. The highest BCUT2D eigenvalue weighted by Crippen LogP contribution is 2.38. The number of amides is 1. The number of carbonyl (C=O) groups is 1. The van der Waals surface area contributed by atoms with Gasteiger partial charge in [-0.15, -0.1) is 11.6 Å². The Bertz CT molecular complexity index is 1000. The van der Waals surface area contributed by atoms with Gasteiger partial charge in [0.25, 0.3) is 5.92 Å². The minimum Gasteiger partial charge on any atom is -0.376 e. The summed E-state index contributed by atoms with van der Waals surface area (Å²) in [7, 11) is 0. The van der Waals surface area contributed by atoms with E-state index >= 15 is 0 Å². The zero-order valence-electron chi connectivity index (χ0n) is 15.7. The molecule has 1 saturated carbocycles. The minimum absolute atomic E-state index is 0.199. The summed E-state index contributed by atoms with van der Waals surface area (Å²) < 4.78 is 40.9. The largest absolute Gasteiger partial charge is 0.376 e. The number of hydrogen-bond acceptors (Lipinski definition) is 4. The van der Waals surface area contributed by atoms with Gasteiger partial charge in [-0.05, 0) is 12.1 Å². The van der Waals surface area contributed by atoms with Gasteiger partial charge in [0.05, 0.1) is 11.6 Å². The number of benzene rings is 1. The summed E-state index contributed by atoms with van der Waals surface area (Å²) in [6.45, 7) is -0.612. The number of rotatable bonds is 6. The summed E-state index contributed by atoms with van der Waals surface area (Å²) >= 11 is 6.41. The number of fused-ring (bicyclic) bond motifs is 1. The average molecular weight is 441 g/mol. The number of hydrogen-bond donors (Lipinski definition) is 3. The van der Waals surface area contributed by atoms with Crippen molar-refractivity contribution in [2.75, 3.05) is 11.6 Å². The zero-order valence-corrected chi connectivity index (χ0v) is 16.5. The summed E-state index contributed by atoms with van der Waals surface area (Å²) in [5, 5.41) is 19.0. The van der Waals surface area contributed by atoms with Crippen molar-refractivity contribution in [3.8, 4) is 0 Å². The molecule has 1 amide bonds. The SMILES string of the molecule is O=C(NC1CC(F)(F)C1)[C@H](C1C=CC=CC1Cl)N(CO)c1cc(F)c2[nH]ncc2c1. The fourth-order valence-corrected chi connectivity index (χ4v) is 4.25. The highest BCUT2D eigenvalue weighted by Gasteiger charge is 2.47. The van der Waals surface area contributed by atoms with E-state index in [1.54, 1.807) is 30.4 Å². The van der Waals surface area contributed by atoms with Crippen LogP contribution in [0.25, 0.3) is 10.9 Å². The molecule has 3 atom stereocenters. The Morgan fingerprint density at radius 1 is 1.37 bits per heavy atom. The number of carbonyl (C=O) groups excluding carboxylic acids is 1. The van der Waals surface area contributed by atoms with Crippen LogP contribution in [0.3, 0.4) is 0 Å². The highest BCUT2D eigenvalue weighted by molar-refractivity contribution is 6.22. The topological polar surface area (TPSA) is 81.3 Å². The molecule has 1 heterocycles. The number of aliphatic hydroxyl groups is 1. The Morgan fingerprint density at radius 3 is 2.77 bits per heavy atom. The van der Waals surface area contributed by atoms with E-state index in [-0.39, 0.29) is 11.2 Å². The van der Waals surface area contributed by atoms with Crippen molar-refractivity contribution < 1.29 is 23.1 Å². The number of anilines is 1. The summed E-state index contributed by atoms with van der Waals surface area (Å²) in [5.74, 6) is -4.53. The van der Waals surface area contributed by atoms with Gasteiger partial charge >= 0.3 is 0 Å². The Hall–Kier alpha value is -2.52. The molecule has 10 heteroatoms. The maximum atomic E-state index is 14.5. The number of allylic oxidation sites excluding steroid dienone is 3. The van der Waals surface area contributed by atoms with Gasteiger partial charge in [-0.25, -0.2) is 13.2 Å². The molecule has 2 unspecified atom stereocenters. The molecule has 0 radical (unpaired) electrons. The van der Waals surface area contributed by atoms with Crippen LogP contribution in [-0.4, -0.2) is 51.3 Å². The van der Waals surface area contributed by atoms with E-state index in [9.17, 15) is 23.1 Å². The van der Waals surface area contributed by atoms with E-state index in [0.717, 1.165) is 0 Å². The highest BCUT2D eigenvalue weighted by atomic mass is 35.5. The number of halogens is 4. The van der Waals surface area contributed by atoms with Crippen LogP contribution < -0.4 is 10.2 Å². The fourth-order valence-electron chi connectivity index (χ4n) is 3.95. The van der Waals surface area contributed by atoms with Crippen molar-refractivity contribution in [2.24, 2.45) is 5.92 Å². The van der Waals surface area contributed by atoms with Crippen LogP contribution in [0.2, 0.25) is 0 Å². The van der Waals surface area contributed by atoms with Gasteiger partial charge in [0.2, 0.25) is 5.91 Å². The van der Waals surface area contributed by atoms with Crippen LogP contribution in [0.1, 0.15) is 12.8 Å². The first-order chi connectivity index (χ1) is 14.3. The molecule has 2 aromatic rings. The quantitative estimate of drug-likeness (QED) is 0.476. The molecule has 6 nitrogen and oxygen atoms in total. The minimum atomic E-state index is -2.79. The van der Waals surface area contributed by atoms with Crippen molar-refractivity contribution in [3.05, 3.63) is 48.5 Å². The van der Waals surface area contributed by atoms with Gasteiger partial charge in [-0.1, -0.05) is 24.3 Å². The van der Waals surface area contributed by atoms with Gasteiger partial charge in [0.1, 0.15) is 18.3 Å². The Balaban J connectivity index is 1.68. The number of aliphatic hydroxyl groups excluding tert-OH is 1. The lowest BCUT2D eigenvalue weighted by molar-refractivity contribution is -0.131. The van der Waals surface area contributed by atoms with Crippen LogP contribution in [0.5, 0.6) is 0 Å². The first kappa shape index (κ1) is 20.7. The lowest BCUT2D eigenvalue weighted by Gasteiger charge is -2.40. The number of nitrogens with one attached hydrogen (secondary N) is 2. The maximum absolute atomic E-state index is 14.5. The van der Waals surface area contributed by atoms with Crippen molar-refractivity contribution in [1.82, 2.24) is 15.5 Å². The summed E-state index contributed by atoms with van der Waals surface area (Å²) in [4.78, 5) is 14.4. The normalized spacial score (nSPS) is 23.9. The predicted octanol–water partition coefficient (Wildman–Crippen LogP) is 3.09. The van der Waals surface area contributed by atoms with Gasteiger partial charge in [-0.3, -0.25) is 9.89 Å². The Kier molecular flexibility index (Phi) is 5.50. The van der Waals surface area contributed by atoms with Gasteiger partial charge < -0.3 is 15.3 Å². The van der Waals surface area contributed by atoms with Gasteiger partial charge in [-0.2, -0.15) is 5.10 Å². The third kappa shape index (κ3) is 3.91. The molecular weight excluding hydrogens is 421 g/mol. The van der Waals surface area contributed by atoms with E-state index in [1.807, 2.05) is 0 Å². The molecule has 1 fully saturated rings. The van der Waals surface area contributed by atoms with Crippen molar-refractivity contribution in [3.63, 3.8) is 0 Å². The van der Waals surface area contributed by atoms with Gasteiger partial charge in [0.15, 0.2) is 5.82 Å². The van der Waals surface area contributed by atoms with Crippen molar-refractivity contribution in [1.29, 1.82) is 0 Å². The number of H-pyrrole nitrogens is 1. The second-order valence-corrected chi connectivity index (χ2v) is 8.08. The molecule has 3 N–H and O–H groups in total. The molecular formula is C20H20ClF3N4O2. The molecule has 0 spiro atoms. The Labute approximate surface area is 175 Å². The number of aromatic amines is 1. The predicted molar refractivity (Wildman–Crippen MR) is 107 cm³/mol. The van der Waals surface area contributed by atoms with Crippen LogP contribution >= 0.6 is 11.6 Å². The molecule has 0 bridgehead atoms. The van der Waals surface area contributed by atoms with Crippen LogP contribution in [0.4, 0.5) is 18.9 Å². The molecule has 160 valence electrons. The summed E-state index contributed by atoms with van der Waals surface area (Å²) in [6.07, 6.45) is 7.41. The van der Waals surface area contributed by atoms with E-state index in [2.05, 4.69) is 15.5 Å². The molecule has 4 rings (SSSR count). The monoisotopic (exact) mass is 440 g/mol. The first-order valence-electron chi connectivity index (χ1n) is 9.46. The lowest BCUT2D eigenvalue weighted by Crippen LogP contribution is -2.58. The maximum Gasteiger partial charge on any atom is 0.252 e. The molecule has 1 aromatic carbocycles. The van der Waals surface area contributed by atoms with Gasteiger partial charge in [0, 0.05) is 35.9 Å². The van der Waals surface area contributed by atoms with Crippen LogP contribution in [0, 0.1) is 11.7 Å².